The number of imide groups is 1. The molecule has 0 aromatic heterocycles. The predicted octanol–water partition coefficient (Wildman–Crippen LogP) is 4.10. The molecule has 3 amide bonds. The number of hydrogen-bond acceptors (Lipinski definition) is 5. The average Bonchev–Trinajstić information content (AvgIpc) is 3.01. The Kier molecular flexibility index (Phi) is 6.13. The van der Waals surface area contributed by atoms with Crippen LogP contribution in [0.2, 0.25) is 0 Å². The minimum absolute atomic E-state index is 0.0771. The van der Waals surface area contributed by atoms with Crippen LogP contribution in [0.4, 0.5) is 4.79 Å². The number of thioether (sulfide) groups is 1. The lowest BCUT2D eigenvalue weighted by Crippen LogP contribution is -2.44. The Morgan fingerprint density at radius 1 is 1.10 bits per heavy atom. The van der Waals surface area contributed by atoms with Crippen molar-refractivity contribution in [2.75, 3.05) is 13.1 Å². The van der Waals surface area contributed by atoms with Crippen molar-refractivity contribution in [2.45, 2.75) is 32.9 Å². The molecule has 2 aromatic carbocycles. The van der Waals surface area contributed by atoms with Crippen LogP contribution in [0.25, 0.3) is 6.08 Å². The Morgan fingerprint density at radius 3 is 2.52 bits per heavy atom. The molecule has 0 unspecified atom stereocenters. The van der Waals surface area contributed by atoms with Gasteiger partial charge in [-0.25, -0.2) is 0 Å². The SMILES string of the molecule is CC(C)Oc1ccc(/C=C2\SC(=O)N(CC(=O)N3CCc4ccccc4C3)C2=O)cc1. The van der Waals surface area contributed by atoms with Crippen LogP contribution < -0.4 is 4.74 Å². The zero-order valence-electron chi connectivity index (χ0n) is 17.5. The third kappa shape index (κ3) is 4.82. The summed E-state index contributed by atoms with van der Waals surface area (Å²) in [6, 6.07) is 15.4. The standard InChI is InChI=1S/C24H24N2O4S/c1-16(2)30-20-9-7-17(8-10-20)13-21-23(28)26(24(29)31-21)15-22(27)25-12-11-18-5-3-4-6-19(18)14-25/h3-10,13,16H,11-12,14-15H2,1-2H3/b21-13-. The summed E-state index contributed by atoms with van der Waals surface area (Å²) in [5.74, 6) is 0.102. The van der Waals surface area contributed by atoms with Gasteiger partial charge in [0.15, 0.2) is 0 Å². The minimum atomic E-state index is -0.428. The number of hydrogen-bond donors (Lipinski definition) is 0. The molecule has 0 atom stereocenters. The van der Waals surface area contributed by atoms with Crippen molar-refractivity contribution in [3.05, 3.63) is 70.1 Å². The molecule has 6 nitrogen and oxygen atoms in total. The van der Waals surface area contributed by atoms with Gasteiger partial charge in [0.2, 0.25) is 5.91 Å². The van der Waals surface area contributed by atoms with Crippen molar-refractivity contribution in [3.8, 4) is 5.75 Å². The molecule has 0 radical (unpaired) electrons. The van der Waals surface area contributed by atoms with Gasteiger partial charge in [0.25, 0.3) is 11.1 Å². The molecule has 4 rings (SSSR count). The number of nitrogens with zero attached hydrogens (tertiary/aromatic N) is 2. The zero-order valence-corrected chi connectivity index (χ0v) is 18.4. The van der Waals surface area contributed by atoms with E-state index in [2.05, 4.69) is 6.07 Å². The maximum atomic E-state index is 12.8. The van der Waals surface area contributed by atoms with Crippen LogP contribution in [0.5, 0.6) is 5.75 Å². The minimum Gasteiger partial charge on any atom is -0.491 e. The van der Waals surface area contributed by atoms with Crippen LogP contribution in [0, 0.1) is 0 Å². The van der Waals surface area contributed by atoms with E-state index in [1.54, 1.807) is 11.0 Å². The van der Waals surface area contributed by atoms with E-state index >= 15 is 0 Å². The second kappa shape index (κ2) is 8.98. The first-order valence-corrected chi connectivity index (χ1v) is 11.1. The first-order valence-electron chi connectivity index (χ1n) is 10.3. The summed E-state index contributed by atoms with van der Waals surface area (Å²) in [6.07, 6.45) is 2.53. The topological polar surface area (TPSA) is 66.9 Å². The summed E-state index contributed by atoms with van der Waals surface area (Å²) in [7, 11) is 0. The molecule has 1 fully saturated rings. The van der Waals surface area contributed by atoms with Crippen molar-refractivity contribution >= 4 is 34.9 Å². The van der Waals surface area contributed by atoms with E-state index in [1.165, 1.54) is 5.56 Å². The van der Waals surface area contributed by atoms with Gasteiger partial charge < -0.3 is 9.64 Å². The third-order valence-corrected chi connectivity index (χ3v) is 6.11. The quantitative estimate of drug-likeness (QED) is 0.661. The Labute approximate surface area is 185 Å². The molecule has 0 N–H and O–H groups in total. The second-order valence-electron chi connectivity index (χ2n) is 7.84. The number of rotatable bonds is 5. The highest BCUT2D eigenvalue weighted by Gasteiger charge is 2.37. The molecular weight excluding hydrogens is 412 g/mol. The van der Waals surface area contributed by atoms with E-state index < -0.39 is 11.1 Å². The maximum absolute atomic E-state index is 12.8. The van der Waals surface area contributed by atoms with E-state index in [0.717, 1.165) is 40.0 Å². The third-order valence-electron chi connectivity index (χ3n) is 5.20. The molecule has 0 aliphatic carbocycles. The molecule has 31 heavy (non-hydrogen) atoms. The zero-order chi connectivity index (χ0) is 22.0. The van der Waals surface area contributed by atoms with Gasteiger partial charge in [0.05, 0.1) is 11.0 Å². The van der Waals surface area contributed by atoms with E-state index in [1.807, 2.05) is 56.3 Å². The van der Waals surface area contributed by atoms with Crippen LogP contribution in [0.3, 0.4) is 0 Å². The fraction of sp³-hybridized carbons (Fsp3) is 0.292. The summed E-state index contributed by atoms with van der Waals surface area (Å²) in [5.41, 5.74) is 3.15. The van der Waals surface area contributed by atoms with Gasteiger partial charge in [-0.1, -0.05) is 36.4 Å². The average molecular weight is 437 g/mol. The first-order chi connectivity index (χ1) is 14.9. The van der Waals surface area contributed by atoms with Crippen molar-refractivity contribution in [2.24, 2.45) is 0 Å². The largest absolute Gasteiger partial charge is 0.491 e. The van der Waals surface area contributed by atoms with Crippen LogP contribution in [0.1, 0.15) is 30.5 Å². The fourth-order valence-electron chi connectivity index (χ4n) is 3.65. The molecular formula is C24H24N2O4S. The summed E-state index contributed by atoms with van der Waals surface area (Å²) in [6.45, 7) is 4.77. The van der Waals surface area contributed by atoms with Crippen molar-refractivity contribution in [1.29, 1.82) is 0 Å². The first kappa shape index (κ1) is 21.2. The number of amides is 3. The summed E-state index contributed by atoms with van der Waals surface area (Å²) in [4.78, 5) is 41.0. The molecule has 2 aliphatic heterocycles. The normalized spacial score (nSPS) is 17.5. The van der Waals surface area contributed by atoms with Crippen LogP contribution in [0.15, 0.2) is 53.4 Å². The molecule has 160 valence electrons. The summed E-state index contributed by atoms with van der Waals surface area (Å²) in [5, 5.41) is -0.415. The smallest absolute Gasteiger partial charge is 0.294 e. The van der Waals surface area contributed by atoms with Crippen LogP contribution in [-0.4, -0.2) is 46.0 Å². The molecule has 7 heteroatoms. The van der Waals surface area contributed by atoms with Gasteiger partial charge in [-0.2, -0.15) is 0 Å². The number of carbonyl (C=O) groups excluding carboxylic acids is 3. The molecule has 0 spiro atoms. The van der Waals surface area contributed by atoms with Crippen molar-refractivity contribution < 1.29 is 19.1 Å². The Bertz CT molecular complexity index is 1050. The van der Waals surface area contributed by atoms with Gasteiger partial charge in [0, 0.05) is 13.1 Å². The van der Waals surface area contributed by atoms with E-state index in [9.17, 15) is 14.4 Å². The highest BCUT2D eigenvalue weighted by atomic mass is 32.2. The van der Waals surface area contributed by atoms with Crippen LogP contribution in [-0.2, 0) is 22.6 Å². The summed E-state index contributed by atoms with van der Waals surface area (Å²) >= 11 is 0.865. The lowest BCUT2D eigenvalue weighted by molar-refractivity contribution is -0.136. The summed E-state index contributed by atoms with van der Waals surface area (Å²) < 4.78 is 5.62. The van der Waals surface area contributed by atoms with Gasteiger partial charge in [-0.05, 0) is 66.9 Å². The monoisotopic (exact) mass is 436 g/mol. The number of fused-ring (bicyclic) bond motifs is 1. The highest BCUT2D eigenvalue weighted by Crippen LogP contribution is 2.32. The molecule has 0 saturated carbocycles. The van der Waals surface area contributed by atoms with E-state index in [4.69, 9.17) is 4.74 Å². The molecule has 2 aromatic rings. The number of benzene rings is 2. The van der Waals surface area contributed by atoms with E-state index in [0.29, 0.717) is 18.0 Å². The van der Waals surface area contributed by atoms with Gasteiger partial charge in [-0.3, -0.25) is 19.3 Å². The van der Waals surface area contributed by atoms with Gasteiger partial charge in [0.1, 0.15) is 12.3 Å². The van der Waals surface area contributed by atoms with Gasteiger partial charge in [-0.15, -0.1) is 0 Å². The molecule has 2 heterocycles. The number of carbonyl (C=O) groups is 3. The lowest BCUT2D eigenvalue weighted by atomic mass is 10.00. The Balaban J connectivity index is 1.41. The van der Waals surface area contributed by atoms with Crippen molar-refractivity contribution in [1.82, 2.24) is 9.80 Å². The number of ether oxygens (including phenoxy) is 1. The second-order valence-corrected chi connectivity index (χ2v) is 8.83. The van der Waals surface area contributed by atoms with Crippen LogP contribution >= 0.6 is 11.8 Å². The fourth-order valence-corrected chi connectivity index (χ4v) is 4.48. The van der Waals surface area contributed by atoms with E-state index in [-0.39, 0.29) is 18.6 Å². The molecule has 0 bridgehead atoms. The molecule has 2 aliphatic rings. The predicted molar refractivity (Wildman–Crippen MR) is 120 cm³/mol. The lowest BCUT2D eigenvalue weighted by Gasteiger charge is -2.29. The maximum Gasteiger partial charge on any atom is 0.294 e. The Morgan fingerprint density at radius 2 is 1.81 bits per heavy atom. The highest BCUT2D eigenvalue weighted by molar-refractivity contribution is 8.18. The Hall–Kier alpha value is -3.06. The van der Waals surface area contributed by atoms with Crippen molar-refractivity contribution in [3.63, 3.8) is 0 Å². The molecule has 1 saturated heterocycles. The van der Waals surface area contributed by atoms with Gasteiger partial charge >= 0.3 is 0 Å².